The van der Waals surface area contributed by atoms with Gasteiger partial charge >= 0.3 is 0 Å². The SMILES string of the molecule is O=S1(=O)CCC(O)(c2cccs2)c2ccccc21. The average Bonchev–Trinajstić information content (AvgIpc) is 2.89. The van der Waals surface area contributed by atoms with Gasteiger partial charge in [0, 0.05) is 10.4 Å². The van der Waals surface area contributed by atoms with E-state index < -0.39 is 15.4 Å². The Morgan fingerprint density at radius 2 is 1.94 bits per heavy atom. The third-order valence-corrected chi connectivity index (χ3v) is 6.12. The average molecular weight is 280 g/mol. The minimum atomic E-state index is -3.26. The summed E-state index contributed by atoms with van der Waals surface area (Å²) in [6.45, 7) is 0. The van der Waals surface area contributed by atoms with E-state index in [1.54, 1.807) is 24.3 Å². The molecule has 0 bridgehead atoms. The monoisotopic (exact) mass is 280 g/mol. The second-order valence-corrected chi connectivity index (χ2v) is 7.43. The lowest BCUT2D eigenvalue weighted by molar-refractivity contribution is 0.0756. The molecule has 1 aliphatic rings. The van der Waals surface area contributed by atoms with Crippen molar-refractivity contribution in [3.63, 3.8) is 0 Å². The van der Waals surface area contributed by atoms with Gasteiger partial charge in [-0.3, -0.25) is 0 Å². The molecule has 0 saturated carbocycles. The third kappa shape index (κ3) is 1.62. The molecule has 0 aliphatic carbocycles. The molecule has 94 valence electrons. The van der Waals surface area contributed by atoms with E-state index in [9.17, 15) is 13.5 Å². The second kappa shape index (κ2) is 3.91. The third-order valence-electron chi connectivity index (χ3n) is 3.33. The molecular formula is C13H12O3S2. The van der Waals surface area contributed by atoms with Crippen molar-refractivity contribution in [3.05, 3.63) is 52.2 Å². The van der Waals surface area contributed by atoms with Crippen LogP contribution in [0, 0.1) is 0 Å². The van der Waals surface area contributed by atoms with Crippen LogP contribution in [0.1, 0.15) is 16.9 Å². The molecule has 1 N–H and O–H groups in total. The highest BCUT2D eigenvalue weighted by Gasteiger charge is 2.42. The summed E-state index contributed by atoms with van der Waals surface area (Å²) in [6, 6.07) is 10.4. The van der Waals surface area contributed by atoms with Crippen LogP contribution in [-0.2, 0) is 15.4 Å². The summed E-state index contributed by atoms with van der Waals surface area (Å²) >= 11 is 1.45. The highest BCUT2D eigenvalue weighted by molar-refractivity contribution is 7.91. The van der Waals surface area contributed by atoms with Gasteiger partial charge in [0.2, 0.25) is 0 Å². The maximum Gasteiger partial charge on any atom is 0.178 e. The molecule has 0 fully saturated rings. The van der Waals surface area contributed by atoms with Crippen molar-refractivity contribution in [2.75, 3.05) is 5.75 Å². The normalized spacial score (nSPS) is 25.6. The fraction of sp³-hybridized carbons (Fsp3) is 0.231. The Morgan fingerprint density at radius 3 is 2.67 bits per heavy atom. The number of rotatable bonds is 1. The van der Waals surface area contributed by atoms with Crippen molar-refractivity contribution < 1.29 is 13.5 Å². The van der Waals surface area contributed by atoms with Gasteiger partial charge in [-0.25, -0.2) is 8.42 Å². The molecule has 2 aromatic rings. The molecule has 3 nitrogen and oxygen atoms in total. The van der Waals surface area contributed by atoms with Crippen LogP contribution in [0.25, 0.3) is 0 Å². The Kier molecular flexibility index (Phi) is 2.59. The number of fused-ring (bicyclic) bond motifs is 1. The van der Waals surface area contributed by atoms with Crippen LogP contribution in [0.4, 0.5) is 0 Å². The van der Waals surface area contributed by atoms with Gasteiger partial charge in [0.25, 0.3) is 0 Å². The molecular weight excluding hydrogens is 268 g/mol. The van der Waals surface area contributed by atoms with E-state index in [2.05, 4.69) is 0 Å². The number of sulfone groups is 1. The molecule has 5 heteroatoms. The summed E-state index contributed by atoms with van der Waals surface area (Å²) in [5.74, 6) is -0.0155. The molecule has 1 aliphatic heterocycles. The predicted octanol–water partition coefficient (Wildman–Crippen LogP) is 2.16. The van der Waals surface area contributed by atoms with Crippen LogP contribution in [0.3, 0.4) is 0 Å². The number of benzene rings is 1. The largest absolute Gasteiger partial charge is 0.379 e. The molecule has 0 amide bonds. The van der Waals surface area contributed by atoms with E-state index >= 15 is 0 Å². The van der Waals surface area contributed by atoms with Crippen molar-refractivity contribution in [1.29, 1.82) is 0 Å². The number of aliphatic hydroxyl groups is 1. The van der Waals surface area contributed by atoms with E-state index in [-0.39, 0.29) is 17.1 Å². The molecule has 0 spiro atoms. The Labute approximate surface area is 110 Å². The summed E-state index contributed by atoms with van der Waals surface area (Å²) in [6.07, 6.45) is 0.215. The maximum atomic E-state index is 12.0. The maximum absolute atomic E-state index is 12.0. The molecule has 0 radical (unpaired) electrons. The number of thiophene rings is 1. The van der Waals surface area contributed by atoms with Crippen LogP contribution in [0.2, 0.25) is 0 Å². The first kappa shape index (κ1) is 11.9. The van der Waals surface area contributed by atoms with Crippen LogP contribution < -0.4 is 0 Å². The van der Waals surface area contributed by atoms with Gasteiger partial charge in [-0.1, -0.05) is 24.3 Å². The molecule has 1 unspecified atom stereocenters. The Bertz CT molecular complexity index is 674. The van der Waals surface area contributed by atoms with Crippen LogP contribution >= 0.6 is 11.3 Å². The van der Waals surface area contributed by atoms with Gasteiger partial charge in [-0.15, -0.1) is 11.3 Å². The fourth-order valence-electron chi connectivity index (χ4n) is 2.38. The van der Waals surface area contributed by atoms with Crippen molar-refractivity contribution in [2.24, 2.45) is 0 Å². The Hall–Kier alpha value is -1.17. The minimum absolute atomic E-state index is 0.0155. The van der Waals surface area contributed by atoms with Gasteiger partial charge in [0.05, 0.1) is 10.6 Å². The standard InChI is InChI=1S/C13H12O3S2/c14-13(12-6-3-8-17-12)7-9-18(15,16)11-5-2-1-4-10(11)13/h1-6,8,14H,7,9H2. The highest BCUT2D eigenvalue weighted by Crippen LogP contribution is 2.42. The van der Waals surface area contributed by atoms with Gasteiger partial charge in [-0.2, -0.15) is 0 Å². The smallest absolute Gasteiger partial charge is 0.178 e. The van der Waals surface area contributed by atoms with E-state index in [1.807, 2.05) is 17.5 Å². The Morgan fingerprint density at radius 1 is 1.17 bits per heavy atom. The quantitative estimate of drug-likeness (QED) is 0.871. The van der Waals surface area contributed by atoms with Gasteiger partial charge in [0.15, 0.2) is 9.84 Å². The first-order chi connectivity index (χ1) is 8.54. The first-order valence-electron chi connectivity index (χ1n) is 5.63. The Balaban J connectivity index is 2.28. The van der Waals surface area contributed by atoms with E-state index in [0.717, 1.165) is 4.88 Å². The summed E-state index contributed by atoms with van der Waals surface area (Å²) in [7, 11) is -3.26. The van der Waals surface area contributed by atoms with Gasteiger partial charge in [0.1, 0.15) is 5.60 Å². The molecule has 1 atom stereocenters. The van der Waals surface area contributed by atoms with Crippen LogP contribution in [0.5, 0.6) is 0 Å². The fourth-order valence-corrected chi connectivity index (χ4v) is 4.89. The second-order valence-electron chi connectivity index (χ2n) is 4.40. The molecule has 2 heterocycles. The number of hydrogen-bond donors (Lipinski definition) is 1. The zero-order valence-electron chi connectivity index (χ0n) is 9.54. The molecule has 3 rings (SSSR count). The van der Waals surface area contributed by atoms with E-state index in [4.69, 9.17) is 0 Å². The van der Waals surface area contributed by atoms with Crippen LogP contribution in [0.15, 0.2) is 46.7 Å². The first-order valence-corrected chi connectivity index (χ1v) is 8.16. The van der Waals surface area contributed by atoms with Gasteiger partial charge in [-0.05, 0) is 23.9 Å². The summed E-state index contributed by atoms with van der Waals surface area (Å²) in [4.78, 5) is 1.05. The summed E-state index contributed by atoms with van der Waals surface area (Å²) in [5.41, 5.74) is -0.672. The lowest BCUT2D eigenvalue weighted by Crippen LogP contribution is -2.35. The van der Waals surface area contributed by atoms with Crippen molar-refractivity contribution in [3.8, 4) is 0 Å². The topological polar surface area (TPSA) is 54.4 Å². The minimum Gasteiger partial charge on any atom is -0.379 e. The van der Waals surface area contributed by atoms with E-state index in [1.165, 1.54) is 11.3 Å². The predicted molar refractivity (Wildman–Crippen MR) is 70.4 cm³/mol. The van der Waals surface area contributed by atoms with Crippen molar-refractivity contribution >= 4 is 21.2 Å². The van der Waals surface area contributed by atoms with Gasteiger partial charge < -0.3 is 5.11 Å². The highest BCUT2D eigenvalue weighted by atomic mass is 32.2. The van der Waals surface area contributed by atoms with Crippen LogP contribution in [-0.4, -0.2) is 19.3 Å². The van der Waals surface area contributed by atoms with Crippen molar-refractivity contribution in [2.45, 2.75) is 16.9 Å². The molecule has 1 aromatic heterocycles. The molecule has 18 heavy (non-hydrogen) atoms. The lowest BCUT2D eigenvalue weighted by Gasteiger charge is -2.33. The number of hydrogen-bond acceptors (Lipinski definition) is 4. The zero-order chi connectivity index (χ0) is 12.8. The molecule has 1 aromatic carbocycles. The summed E-state index contributed by atoms with van der Waals surface area (Å²) in [5, 5.41) is 12.7. The zero-order valence-corrected chi connectivity index (χ0v) is 11.2. The summed E-state index contributed by atoms with van der Waals surface area (Å²) < 4.78 is 24.0. The van der Waals surface area contributed by atoms with E-state index in [0.29, 0.717) is 5.56 Å². The lowest BCUT2D eigenvalue weighted by atomic mass is 9.89. The van der Waals surface area contributed by atoms with Crippen molar-refractivity contribution in [1.82, 2.24) is 0 Å². The molecule has 0 saturated heterocycles.